The second-order valence-electron chi connectivity index (χ2n) is 4.90. The predicted molar refractivity (Wildman–Crippen MR) is 79.9 cm³/mol. The largest absolute Gasteiger partial charge is 0.361 e. The van der Waals surface area contributed by atoms with E-state index in [1.807, 2.05) is 32.0 Å². The van der Waals surface area contributed by atoms with Crippen molar-refractivity contribution in [3.8, 4) is 0 Å². The van der Waals surface area contributed by atoms with Gasteiger partial charge in [-0.3, -0.25) is 4.98 Å². The third-order valence-corrected chi connectivity index (χ3v) is 3.31. The SMILES string of the molecule is CCN(Cc1cccc(C)n1)c1c(F)cc(CN)cc1F. The molecule has 0 saturated carbocycles. The van der Waals surface area contributed by atoms with Gasteiger partial charge in [0.1, 0.15) is 17.3 Å². The molecule has 0 saturated heterocycles. The number of aromatic nitrogens is 1. The number of aryl methyl sites for hydroxylation is 1. The molecule has 0 bridgehead atoms. The molecule has 0 fully saturated rings. The highest BCUT2D eigenvalue weighted by Crippen LogP contribution is 2.26. The van der Waals surface area contributed by atoms with E-state index in [2.05, 4.69) is 4.98 Å². The number of nitrogens with two attached hydrogens (primary N) is 1. The van der Waals surface area contributed by atoms with Gasteiger partial charge < -0.3 is 10.6 Å². The average Bonchev–Trinajstić information content (AvgIpc) is 2.45. The molecular formula is C16H19F2N3. The van der Waals surface area contributed by atoms with E-state index in [4.69, 9.17) is 5.73 Å². The van der Waals surface area contributed by atoms with Crippen LogP contribution in [0.25, 0.3) is 0 Å². The van der Waals surface area contributed by atoms with E-state index in [-0.39, 0.29) is 12.2 Å². The van der Waals surface area contributed by atoms with Crippen LogP contribution >= 0.6 is 0 Å². The number of pyridine rings is 1. The number of rotatable bonds is 5. The summed E-state index contributed by atoms with van der Waals surface area (Å²) in [6.07, 6.45) is 0. The average molecular weight is 291 g/mol. The van der Waals surface area contributed by atoms with E-state index in [1.54, 1.807) is 4.90 Å². The van der Waals surface area contributed by atoms with Gasteiger partial charge in [-0.25, -0.2) is 8.78 Å². The van der Waals surface area contributed by atoms with Crippen LogP contribution in [0.3, 0.4) is 0 Å². The molecule has 1 heterocycles. The summed E-state index contributed by atoms with van der Waals surface area (Å²) in [4.78, 5) is 6.00. The molecule has 0 radical (unpaired) electrons. The maximum atomic E-state index is 14.2. The van der Waals surface area contributed by atoms with Gasteiger partial charge in [0.25, 0.3) is 0 Å². The van der Waals surface area contributed by atoms with Gasteiger partial charge in [-0.1, -0.05) is 6.07 Å². The van der Waals surface area contributed by atoms with Crippen LogP contribution in [-0.4, -0.2) is 11.5 Å². The van der Waals surface area contributed by atoms with Crippen LogP contribution in [-0.2, 0) is 13.1 Å². The summed E-state index contributed by atoms with van der Waals surface area (Å²) in [6.45, 7) is 4.68. The Hall–Kier alpha value is -2.01. The van der Waals surface area contributed by atoms with Crippen LogP contribution in [0.2, 0.25) is 0 Å². The maximum Gasteiger partial charge on any atom is 0.149 e. The zero-order valence-electron chi connectivity index (χ0n) is 12.2. The molecule has 3 nitrogen and oxygen atoms in total. The first-order valence-corrected chi connectivity index (χ1v) is 6.90. The van der Waals surface area contributed by atoms with Crippen LogP contribution in [0.4, 0.5) is 14.5 Å². The van der Waals surface area contributed by atoms with Crippen molar-refractivity contribution in [2.45, 2.75) is 26.9 Å². The van der Waals surface area contributed by atoms with Gasteiger partial charge in [-0.05, 0) is 43.7 Å². The number of benzene rings is 1. The standard InChI is InChI=1S/C16H19F2N3/c1-3-21(10-13-6-4-5-11(2)20-13)16-14(17)7-12(9-19)8-15(16)18/h4-8H,3,9-10,19H2,1-2H3. The molecule has 112 valence electrons. The second-order valence-corrected chi connectivity index (χ2v) is 4.90. The number of anilines is 1. The normalized spacial score (nSPS) is 10.7. The van der Waals surface area contributed by atoms with Gasteiger partial charge >= 0.3 is 0 Å². The number of hydrogen-bond acceptors (Lipinski definition) is 3. The first-order chi connectivity index (χ1) is 10.0. The van der Waals surface area contributed by atoms with Crippen LogP contribution in [0.5, 0.6) is 0 Å². The molecule has 21 heavy (non-hydrogen) atoms. The Bertz CT molecular complexity index is 606. The fourth-order valence-electron chi connectivity index (χ4n) is 2.27. The fraction of sp³-hybridized carbons (Fsp3) is 0.312. The highest BCUT2D eigenvalue weighted by Gasteiger charge is 2.17. The molecule has 2 N–H and O–H groups in total. The van der Waals surface area contributed by atoms with Crippen molar-refractivity contribution in [3.05, 3.63) is 58.9 Å². The van der Waals surface area contributed by atoms with E-state index in [0.717, 1.165) is 11.4 Å². The molecule has 1 aromatic carbocycles. The van der Waals surface area contributed by atoms with Gasteiger partial charge in [0.2, 0.25) is 0 Å². The quantitative estimate of drug-likeness (QED) is 0.920. The van der Waals surface area contributed by atoms with E-state index in [9.17, 15) is 8.78 Å². The summed E-state index contributed by atoms with van der Waals surface area (Å²) < 4.78 is 28.3. The molecule has 0 aliphatic carbocycles. The summed E-state index contributed by atoms with van der Waals surface area (Å²) in [6, 6.07) is 8.18. The minimum Gasteiger partial charge on any atom is -0.361 e. The lowest BCUT2D eigenvalue weighted by Crippen LogP contribution is -2.25. The molecule has 0 amide bonds. The molecule has 0 unspecified atom stereocenters. The minimum atomic E-state index is -0.593. The van der Waals surface area contributed by atoms with E-state index in [0.29, 0.717) is 18.7 Å². The lowest BCUT2D eigenvalue weighted by atomic mass is 10.1. The van der Waals surface area contributed by atoms with E-state index < -0.39 is 11.6 Å². The van der Waals surface area contributed by atoms with Crippen molar-refractivity contribution in [2.24, 2.45) is 5.73 Å². The number of halogens is 2. The lowest BCUT2D eigenvalue weighted by Gasteiger charge is -2.24. The molecular weight excluding hydrogens is 272 g/mol. The molecule has 2 rings (SSSR count). The first-order valence-electron chi connectivity index (χ1n) is 6.90. The Morgan fingerprint density at radius 2 is 1.86 bits per heavy atom. The summed E-state index contributed by atoms with van der Waals surface area (Å²) in [5.74, 6) is -1.19. The van der Waals surface area contributed by atoms with Crippen LogP contribution in [0.1, 0.15) is 23.9 Å². The molecule has 2 aromatic rings. The molecule has 0 aliphatic heterocycles. The molecule has 0 spiro atoms. The van der Waals surface area contributed by atoms with Gasteiger partial charge in [0.15, 0.2) is 0 Å². The van der Waals surface area contributed by atoms with Crippen molar-refractivity contribution in [1.29, 1.82) is 0 Å². The zero-order valence-corrected chi connectivity index (χ0v) is 12.2. The Morgan fingerprint density at radius 1 is 1.19 bits per heavy atom. The van der Waals surface area contributed by atoms with E-state index in [1.165, 1.54) is 12.1 Å². The van der Waals surface area contributed by atoms with Gasteiger partial charge in [-0.2, -0.15) is 0 Å². The predicted octanol–water partition coefficient (Wildman–Crippen LogP) is 3.15. The van der Waals surface area contributed by atoms with Crippen molar-refractivity contribution in [2.75, 3.05) is 11.4 Å². The van der Waals surface area contributed by atoms with Crippen molar-refractivity contribution < 1.29 is 8.78 Å². The monoisotopic (exact) mass is 291 g/mol. The third-order valence-electron chi connectivity index (χ3n) is 3.31. The zero-order chi connectivity index (χ0) is 15.4. The van der Waals surface area contributed by atoms with Crippen LogP contribution < -0.4 is 10.6 Å². The molecule has 5 heteroatoms. The minimum absolute atomic E-state index is 0.0296. The van der Waals surface area contributed by atoms with Crippen LogP contribution in [0, 0.1) is 18.6 Å². The fourth-order valence-corrected chi connectivity index (χ4v) is 2.27. The van der Waals surface area contributed by atoms with Gasteiger partial charge in [-0.15, -0.1) is 0 Å². The van der Waals surface area contributed by atoms with E-state index >= 15 is 0 Å². The summed E-state index contributed by atoms with van der Waals surface area (Å²) in [7, 11) is 0. The summed E-state index contributed by atoms with van der Waals surface area (Å²) >= 11 is 0. The first kappa shape index (κ1) is 15.4. The second kappa shape index (κ2) is 6.63. The highest BCUT2D eigenvalue weighted by atomic mass is 19.1. The van der Waals surface area contributed by atoms with Crippen LogP contribution in [0.15, 0.2) is 30.3 Å². The topological polar surface area (TPSA) is 42.2 Å². The lowest BCUT2D eigenvalue weighted by molar-refractivity contribution is 0.567. The summed E-state index contributed by atoms with van der Waals surface area (Å²) in [5, 5.41) is 0. The van der Waals surface area contributed by atoms with Crippen molar-refractivity contribution >= 4 is 5.69 Å². The molecule has 0 atom stereocenters. The molecule has 1 aromatic heterocycles. The van der Waals surface area contributed by atoms with Gasteiger partial charge in [0.05, 0.1) is 12.2 Å². The third kappa shape index (κ3) is 3.55. The van der Waals surface area contributed by atoms with Gasteiger partial charge in [0, 0.05) is 18.8 Å². The molecule has 0 aliphatic rings. The van der Waals surface area contributed by atoms with Crippen molar-refractivity contribution in [1.82, 2.24) is 4.98 Å². The smallest absolute Gasteiger partial charge is 0.149 e. The number of nitrogens with zero attached hydrogens (tertiary/aromatic N) is 2. The summed E-state index contributed by atoms with van der Waals surface area (Å²) in [5.41, 5.74) is 7.50. The van der Waals surface area contributed by atoms with Crippen molar-refractivity contribution in [3.63, 3.8) is 0 Å². The Balaban J connectivity index is 2.33. The Kier molecular flexibility index (Phi) is 4.85. The Labute approximate surface area is 123 Å². The number of hydrogen-bond donors (Lipinski definition) is 1. The highest BCUT2D eigenvalue weighted by molar-refractivity contribution is 5.51. The maximum absolute atomic E-state index is 14.2. The Morgan fingerprint density at radius 3 is 2.38 bits per heavy atom.